The van der Waals surface area contributed by atoms with Crippen LogP contribution in [0.1, 0.15) is 50.5 Å². The average molecular weight is 316 g/mol. The van der Waals surface area contributed by atoms with E-state index in [4.69, 9.17) is 0 Å². The number of nitrogens with zero attached hydrogens (tertiary/aromatic N) is 2. The minimum absolute atomic E-state index is 0.0485. The molecule has 0 radical (unpaired) electrons. The summed E-state index contributed by atoms with van der Waals surface area (Å²) in [5, 5.41) is 11.1. The summed E-state index contributed by atoms with van der Waals surface area (Å²) in [6.45, 7) is 0.837. The number of carbonyl (C=O) groups excluding carboxylic acids is 1. The fourth-order valence-electron chi connectivity index (χ4n) is 3.59. The second-order valence-corrected chi connectivity index (χ2v) is 6.84. The van der Waals surface area contributed by atoms with Gasteiger partial charge in [0.2, 0.25) is 5.91 Å². The predicted octanol–water partition coefficient (Wildman–Crippen LogP) is 3.71. The second-order valence-electron chi connectivity index (χ2n) is 6.84. The maximum atomic E-state index is 12.7. The summed E-state index contributed by atoms with van der Waals surface area (Å²) in [6, 6.07) is 6.95. The van der Waals surface area contributed by atoms with Crippen LogP contribution in [0.25, 0.3) is 0 Å². The number of rotatable bonds is 6. The highest BCUT2D eigenvalue weighted by Gasteiger charge is 2.34. The molecule has 0 atom stereocenters. The number of amides is 1. The van der Waals surface area contributed by atoms with Crippen LogP contribution in [0.5, 0.6) is 0 Å². The zero-order chi connectivity index (χ0) is 16.2. The Morgan fingerprint density at radius 3 is 2.48 bits per heavy atom. The molecule has 2 saturated carbocycles. The van der Waals surface area contributed by atoms with Crippen molar-refractivity contribution < 1.29 is 9.72 Å². The van der Waals surface area contributed by atoms with E-state index in [1.807, 2.05) is 4.90 Å². The maximum Gasteiger partial charge on any atom is 0.273 e. The fraction of sp³-hybridized carbons (Fsp3) is 0.611. The third kappa shape index (κ3) is 4.09. The average Bonchev–Trinajstić information content (AvgIpc) is 3.38. The van der Waals surface area contributed by atoms with Crippen LogP contribution in [0.4, 0.5) is 5.69 Å². The van der Waals surface area contributed by atoms with E-state index >= 15 is 0 Å². The predicted molar refractivity (Wildman–Crippen MR) is 88.1 cm³/mol. The van der Waals surface area contributed by atoms with Gasteiger partial charge in [-0.2, -0.15) is 0 Å². The molecule has 124 valence electrons. The van der Waals surface area contributed by atoms with E-state index in [-0.39, 0.29) is 18.0 Å². The molecule has 0 aromatic heterocycles. The highest BCUT2D eigenvalue weighted by atomic mass is 16.6. The van der Waals surface area contributed by atoms with Crippen LogP contribution >= 0.6 is 0 Å². The Bertz CT molecular complexity index is 577. The summed E-state index contributed by atoms with van der Waals surface area (Å²) in [5.41, 5.74) is 0.575. The van der Waals surface area contributed by atoms with Crippen molar-refractivity contribution in [2.24, 2.45) is 5.92 Å². The zero-order valence-electron chi connectivity index (χ0n) is 13.4. The normalized spacial score (nSPS) is 18.6. The van der Waals surface area contributed by atoms with E-state index < -0.39 is 4.92 Å². The van der Waals surface area contributed by atoms with Crippen LogP contribution in [0.3, 0.4) is 0 Å². The Morgan fingerprint density at radius 2 is 1.83 bits per heavy atom. The molecule has 2 fully saturated rings. The Balaban J connectivity index is 1.68. The lowest BCUT2D eigenvalue weighted by atomic mass is 9.89. The Morgan fingerprint density at radius 1 is 1.13 bits per heavy atom. The summed E-state index contributed by atoms with van der Waals surface area (Å²) < 4.78 is 0. The topological polar surface area (TPSA) is 63.4 Å². The van der Waals surface area contributed by atoms with Crippen molar-refractivity contribution in [2.75, 3.05) is 6.54 Å². The molecular formula is C18H24N2O3. The highest BCUT2D eigenvalue weighted by Crippen LogP contribution is 2.32. The van der Waals surface area contributed by atoms with Gasteiger partial charge in [-0.15, -0.1) is 0 Å². The highest BCUT2D eigenvalue weighted by molar-refractivity contribution is 5.80. The molecule has 0 saturated heterocycles. The van der Waals surface area contributed by atoms with E-state index in [0.29, 0.717) is 17.5 Å². The minimum Gasteiger partial charge on any atom is -0.339 e. The van der Waals surface area contributed by atoms with Crippen LogP contribution in [0.2, 0.25) is 0 Å². The first kappa shape index (κ1) is 16.0. The van der Waals surface area contributed by atoms with Gasteiger partial charge in [0.15, 0.2) is 0 Å². The van der Waals surface area contributed by atoms with Crippen LogP contribution < -0.4 is 0 Å². The molecule has 2 aliphatic rings. The summed E-state index contributed by atoms with van der Waals surface area (Å²) >= 11 is 0. The van der Waals surface area contributed by atoms with Crippen molar-refractivity contribution in [3.8, 4) is 0 Å². The van der Waals surface area contributed by atoms with Gasteiger partial charge in [0.05, 0.1) is 11.3 Å². The summed E-state index contributed by atoms with van der Waals surface area (Å²) in [6.07, 6.45) is 8.56. The summed E-state index contributed by atoms with van der Waals surface area (Å²) in [4.78, 5) is 25.5. The van der Waals surface area contributed by atoms with Gasteiger partial charge in [-0.25, -0.2) is 0 Å². The molecule has 0 heterocycles. The van der Waals surface area contributed by atoms with Crippen LogP contribution in [0, 0.1) is 16.0 Å². The summed E-state index contributed by atoms with van der Waals surface area (Å²) in [5.74, 6) is 0.659. The third-order valence-corrected chi connectivity index (χ3v) is 5.02. The molecule has 0 N–H and O–H groups in total. The van der Waals surface area contributed by atoms with Crippen LogP contribution in [-0.4, -0.2) is 28.3 Å². The second kappa shape index (κ2) is 7.11. The van der Waals surface area contributed by atoms with Crippen molar-refractivity contribution in [1.82, 2.24) is 4.90 Å². The molecule has 0 bridgehead atoms. The summed E-state index contributed by atoms with van der Waals surface area (Å²) in [7, 11) is 0. The van der Waals surface area contributed by atoms with E-state index in [1.165, 1.54) is 38.2 Å². The molecule has 23 heavy (non-hydrogen) atoms. The number of para-hydroxylation sites is 1. The Kier molecular flexibility index (Phi) is 4.94. The van der Waals surface area contributed by atoms with Crippen molar-refractivity contribution in [1.29, 1.82) is 0 Å². The van der Waals surface area contributed by atoms with Crippen molar-refractivity contribution >= 4 is 11.6 Å². The van der Waals surface area contributed by atoms with E-state index in [0.717, 1.165) is 19.4 Å². The van der Waals surface area contributed by atoms with Crippen LogP contribution in [0.15, 0.2) is 24.3 Å². The van der Waals surface area contributed by atoms with Gasteiger partial charge < -0.3 is 4.90 Å². The first-order valence-electron chi connectivity index (χ1n) is 8.67. The SMILES string of the molecule is O=C(Cc1ccccc1[N+](=O)[O-])N(CC1CCCCC1)C1CC1. The number of nitro groups is 1. The fourth-order valence-corrected chi connectivity index (χ4v) is 3.59. The molecule has 2 aliphatic carbocycles. The lowest BCUT2D eigenvalue weighted by molar-refractivity contribution is -0.385. The number of benzene rings is 1. The van der Waals surface area contributed by atoms with Crippen molar-refractivity contribution in [3.63, 3.8) is 0 Å². The monoisotopic (exact) mass is 316 g/mol. The molecule has 1 aromatic carbocycles. The largest absolute Gasteiger partial charge is 0.339 e. The van der Waals surface area contributed by atoms with Gasteiger partial charge in [0.25, 0.3) is 5.69 Å². The number of nitro benzene ring substituents is 1. The smallest absolute Gasteiger partial charge is 0.273 e. The molecule has 5 nitrogen and oxygen atoms in total. The van der Waals surface area contributed by atoms with Gasteiger partial charge >= 0.3 is 0 Å². The molecule has 3 rings (SSSR count). The molecular weight excluding hydrogens is 292 g/mol. The molecule has 0 spiro atoms. The van der Waals surface area contributed by atoms with Gasteiger partial charge in [-0.1, -0.05) is 37.5 Å². The van der Waals surface area contributed by atoms with Crippen molar-refractivity contribution in [2.45, 2.75) is 57.4 Å². The van der Waals surface area contributed by atoms with Gasteiger partial charge in [0.1, 0.15) is 0 Å². The van der Waals surface area contributed by atoms with Crippen LogP contribution in [-0.2, 0) is 11.2 Å². The number of hydrogen-bond acceptors (Lipinski definition) is 3. The van der Waals surface area contributed by atoms with E-state index in [9.17, 15) is 14.9 Å². The number of hydrogen-bond donors (Lipinski definition) is 0. The van der Waals surface area contributed by atoms with Gasteiger partial charge in [-0.3, -0.25) is 14.9 Å². The first-order chi connectivity index (χ1) is 11.1. The Labute approximate surface area is 136 Å². The molecule has 0 unspecified atom stereocenters. The standard InChI is InChI=1S/C18H24N2O3/c21-18(12-15-8-4-5-9-17(15)20(22)23)19(16-10-11-16)13-14-6-2-1-3-7-14/h4-5,8-9,14,16H,1-3,6-7,10-13H2. The zero-order valence-corrected chi connectivity index (χ0v) is 13.4. The molecule has 5 heteroatoms. The lowest BCUT2D eigenvalue weighted by Gasteiger charge is -2.30. The van der Waals surface area contributed by atoms with Gasteiger partial charge in [0, 0.05) is 24.2 Å². The third-order valence-electron chi connectivity index (χ3n) is 5.02. The first-order valence-corrected chi connectivity index (χ1v) is 8.67. The molecule has 1 amide bonds. The van der Waals surface area contributed by atoms with E-state index in [1.54, 1.807) is 18.2 Å². The molecule has 0 aliphatic heterocycles. The van der Waals surface area contributed by atoms with Crippen molar-refractivity contribution in [3.05, 3.63) is 39.9 Å². The maximum absolute atomic E-state index is 12.7. The Hall–Kier alpha value is -1.91. The molecule has 1 aromatic rings. The quantitative estimate of drug-likeness (QED) is 0.593. The minimum atomic E-state index is -0.398. The van der Waals surface area contributed by atoms with Gasteiger partial charge in [-0.05, 0) is 31.6 Å². The number of carbonyl (C=O) groups is 1. The van der Waals surface area contributed by atoms with E-state index in [2.05, 4.69) is 0 Å². The lowest BCUT2D eigenvalue weighted by Crippen LogP contribution is -2.38.